The number of likely N-dealkylation sites (tertiary alicyclic amines) is 1. The van der Waals surface area contributed by atoms with Crippen molar-refractivity contribution >= 4 is 11.7 Å². The van der Waals surface area contributed by atoms with Gasteiger partial charge in [0.15, 0.2) is 0 Å². The fourth-order valence-corrected chi connectivity index (χ4v) is 2.33. The van der Waals surface area contributed by atoms with Crippen LogP contribution < -0.4 is 5.32 Å². The monoisotopic (exact) mass is 262 g/mol. The lowest BCUT2D eigenvalue weighted by Gasteiger charge is -2.38. The zero-order chi connectivity index (χ0) is 13.9. The van der Waals surface area contributed by atoms with Crippen LogP contribution in [0.3, 0.4) is 0 Å². The van der Waals surface area contributed by atoms with Gasteiger partial charge < -0.3 is 10.2 Å². The molecule has 0 aromatic carbocycles. The largest absolute Gasteiger partial charge is 0.372 e. The summed E-state index contributed by atoms with van der Waals surface area (Å²) in [5.74, 6) is 0.669. The van der Waals surface area contributed by atoms with E-state index in [9.17, 15) is 4.79 Å². The van der Waals surface area contributed by atoms with Gasteiger partial charge in [0.05, 0.1) is 12.4 Å². The van der Waals surface area contributed by atoms with E-state index in [0.717, 1.165) is 25.9 Å². The fourth-order valence-electron chi connectivity index (χ4n) is 2.33. The highest BCUT2D eigenvalue weighted by Crippen LogP contribution is 2.34. The highest BCUT2D eigenvalue weighted by atomic mass is 16.2. The molecule has 2 heterocycles. The molecule has 0 spiro atoms. The molecule has 1 aromatic rings. The van der Waals surface area contributed by atoms with Gasteiger partial charge in [-0.15, -0.1) is 0 Å². The molecular formula is C14H22N4O. The number of anilines is 1. The van der Waals surface area contributed by atoms with E-state index >= 15 is 0 Å². The first-order valence-corrected chi connectivity index (χ1v) is 6.87. The highest BCUT2D eigenvalue weighted by molar-refractivity contribution is 5.92. The Balaban J connectivity index is 2.00. The van der Waals surface area contributed by atoms with E-state index in [0.29, 0.717) is 16.9 Å². The first-order valence-electron chi connectivity index (χ1n) is 6.87. The second-order valence-electron chi connectivity index (χ2n) is 5.49. The molecule has 1 aliphatic rings. The second kappa shape index (κ2) is 5.55. The molecular weight excluding hydrogens is 240 g/mol. The van der Waals surface area contributed by atoms with E-state index in [1.54, 1.807) is 19.4 Å². The van der Waals surface area contributed by atoms with Crippen LogP contribution in [0.15, 0.2) is 12.4 Å². The highest BCUT2D eigenvalue weighted by Gasteiger charge is 2.31. The summed E-state index contributed by atoms with van der Waals surface area (Å²) in [6.07, 6.45) is 6.44. The molecule has 1 saturated heterocycles. The molecule has 1 N–H and O–H groups in total. The van der Waals surface area contributed by atoms with Gasteiger partial charge in [-0.1, -0.05) is 20.3 Å². The van der Waals surface area contributed by atoms with Crippen LogP contribution in [0.4, 0.5) is 5.82 Å². The molecule has 0 radical (unpaired) electrons. The summed E-state index contributed by atoms with van der Waals surface area (Å²) in [7, 11) is 1.78. The molecule has 1 aromatic heterocycles. The maximum atomic E-state index is 12.3. The van der Waals surface area contributed by atoms with Gasteiger partial charge in [-0.3, -0.25) is 4.79 Å². The third kappa shape index (κ3) is 3.03. The van der Waals surface area contributed by atoms with Crippen molar-refractivity contribution in [2.24, 2.45) is 5.41 Å². The first-order chi connectivity index (χ1) is 9.08. The Bertz CT molecular complexity index is 435. The van der Waals surface area contributed by atoms with Gasteiger partial charge in [-0.2, -0.15) is 0 Å². The van der Waals surface area contributed by atoms with Crippen LogP contribution in [0.2, 0.25) is 0 Å². The van der Waals surface area contributed by atoms with Crippen LogP contribution in [0.25, 0.3) is 0 Å². The molecule has 0 aliphatic carbocycles. The van der Waals surface area contributed by atoms with Crippen molar-refractivity contribution in [2.75, 3.05) is 25.5 Å². The lowest BCUT2D eigenvalue weighted by molar-refractivity contribution is 0.0594. The number of aromatic nitrogens is 2. The number of hydrogen-bond donors (Lipinski definition) is 1. The molecule has 2 rings (SSSR count). The smallest absolute Gasteiger partial charge is 0.274 e. The predicted octanol–water partition coefficient (Wildman–Crippen LogP) is 2.17. The predicted molar refractivity (Wildman–Crippen MR) is 75.1 cm³/mol. The average Bonchev–Trinajstić information content (AvgIpc) is 2.47. The number of carbonyl (C=O) groups excluding carboxylic acids is 1. The molecule has 0 atom stereocenters. The van der Waals surface area contributed by atoms with Crippen molar-refractivity contribution in [2.45, 2.75) is 33.1 Å². The van der Waals surface area contributed by atoms with Crippen molar-refractivity contribution < 1.29 is 4.79 Å². The number of nitrogens with zero attached hydrogens (tertiary/aromatic N) is 3. The Kier molecular flexibility index (Phi) is 4.02. The summed E-state index contributed by atoms with van der Waals surface area (Å²) in [4.78, 5) is 22.5. The molecule has 1 amide bonds. The summed E-state index contributed by atoms with van der Waals surface area (Å²) in [5.41, 5.74) is 0.817. The van der Waals surface area contributed by atoms with Crippen LogP contribution in [0.5, 0.6) is 0 Å². The van der Waals surface area contributed by atoms with Gasteiger partial charge in [0.1, 0.15) is 11.5 Å². The van der Waals surface area contributed by atoms with Crippen LogP contribution >= 0.6 is 0 Å². The lowest BCUT2D eigenvalue weighted by Crippen LogP contribution is -2.42. The number of amides is 1. The van der Waals surface area contributed by atoms with E-state index in [1.807, 2.05) is 4.90 Å². The van der Waals surface area contributed by atoms with E-state index in [4.69, 9.17) is 0 Å². The van der Waals surface area contributed by atoms with Gasteiger partial charge in [-0.05, 0) is 18.3 Å². The molecule has 104 valence electrons. The van der Waals surface area contributed by atoms with Gasteiger partial charge in [0, 0.05) is 20.1 Å². The maximum absolute atomic E-state index is 12.3. The Morgan fingerprint density at radius 3 is 2.53 bits per heavy atom. The van der Waals surface area contributed by atoms with Crippen molar-refractivity contribution in [1.82, 2.24) is 14.9 Å². The van der Waals surface area contributed by atoms with E-state index < -0.39 is 0 Å². The topological polar surface area (TPSA) is 58.1 Å². The van der Waals surface area contributed by atoms with Crippen molar-refractivity contribution in [3.8, 4) is 0 Å². The van der Waals surface area contributed by atoms with Crippen LogP contribution in [0.1, 0.15) is 43.6 Å². The SMILES string of the molecule is CCC1(C)CCN(C(=O)c2cnc(NC)cn2)CC1. The zero-order valence-electron chi connectivity index (χ0n) is 11.9. The summed E-state index contributed by atoms with van der Waals surface area (Å²) in [6, 6.07) is 0. The number of rotatable bonds is 3. The molecule has 5 nitrogen and oxygen atoms in total. The minimum absolute atomic E-state index is 0.00620. The molecule has 1 fully saturated rings. The van der Waals surface area contributed by atoms with Crippen molar-refractivity contribution in [3.63, 3.8) is 0 Å². The van der Waals surface area contributed by atoms with Gasteiger partial charge >= 0.3 is 0 Å². The molecule has 0 saturated carbocycles. The third-order valence-electron chi connectivity index (χ3n) is 4.24. The normalized spacial score (nSPS) is 18.2. The molecule has 19 heavy (non-hydrogen) atoms. The summed E-state index contributed by atoms with van der Waals surface area (Å²) in [6.45, 7) is 6.16. The molecule has 0 bridgehead atoms. The van der Waals surface area contributed by atoms with E-state index in [2.05, 4.69) is 29.1 Å². The minimum Gasteiger partial charge on any atom is -0.372 e. The van der Waals surface area contributed by atoms with Crippen molar-refractivity contribution in [1.29, 1.82) is 0 Å². The lowest BCUT2D eigenvalue weighted by atomic mass is 9.78. The first kappa shape index (κ1) is 13.8. The summed E-state index contributed by atoms with van der Waals surface area (Å²) < 4.78 is 0. The fraction of sp³-hybridized carbons (Fsp3) is 0.643. The van der Waals surface area contributed by atoms with E-state index in [-0.39, 0.29) is 5.91 Å². The Morgan fingerprint density at radius 2 is 2.05 bits per heavy atom. The van der Waals surface area contributed by atoms with E-state index in [1.165, 1.54) is 6.42 Å². The Labute approximate surface area is 114 Å². The standard InChI is InChI=1S/C14H22N4O/c1-4-14(2)5-7-18(8-6-14)13(19)11-9-17-12(15-3)10-16-11/h9-10H,4-8H2,1-3H3,(H,15,17). The zero-order valence-corrected chi connectivity index (χ0v) is 11.9. The van der Waals surface area contributed by atoms with Gasteiger partial charge in [0.2, 0.25) is 0 Å². The van der Waals surface area contributed by atoms with Gasteiger partial charge in [-0.25, -0.2) is 9.97 Å². The quantitative estimate of drug-likeness (QED) is 0.907. The van der Waals surface area contributed by atoms with Crippen molar-refractivity contribution in [3.05, 3.63) is 18.1 Å². The third-order valence-corrected chi connectivity index (χ3v) is 4.24. The molecule has 1 aliphatic heterocycles. The minimum atomic E-state index is -0.00620. The van der Waals surface area contributed by atoms with Gasteiger partial charge in [0.25, 0.3) is 5.91 Å². The van der Waals surface area contributed by atoms with Crippen LogP contribution in [-0.4, -0.2) is 40.9 Å². The summed E-state index contributed by atoms with van der Waals surface area (Å²) >= 11 is 0. The summed E-state index contributed by atoms with van der Waals surface area (Å²) in [5, 5.41) is 2.89. The Morgan fingerprint density at radius 1 is 1.37 bits per heavy atom. The maximum Gasteiger partial charge on any atom is 0.274 e. The Hall–Kier alpha value is -1.65. The number of carbonyl (C=O) groups is 1. The average molecular weight is 262 g/mol. The number of hydrogen-bond acceptors (Lipinski definition) is 4. The molecule has 5 heteroatoms. The number of piperidine rings is 1. The number of nitrogens with one attached hydrogen (secondary N) is 1. The van der Waals surface area contributed by atoms with Crippen LogP contribution in [0, 0.1) is 5.41 Å². The molecule has 0 unspecified atom stereocenters. The van der Waals surface area contributed by atoms with Crippen LogP contribution in [-0.2, 0) is 0 Å². The second-order valence-corrected chi connectivity index (χ2v) is 5.49.